The highest BCUT2D eigenvalue weighted by Gasteiger charge is 2.50. The van der Waals surface area contributed by atoms with Crippen LogP contribution >= 0.6 is 0 Å². The van der Waals surface area contributed by atoms with Crippen LogP contribution in [0.5, 0.6) is 0 Å². The molecule has 5 nitrogen and oxygen atoms in total. The van der Waals surface area contributed by atoms with E-state index in [0.29, 0.717) is 6.54 Å². The molecule has 0 aliphatic carbocycles. The van der Waals surface area contributed by atoms with E-state index in [1.54, 1.807) is 6.92 Å². The molecule has 0 aromatic rings. The van der Waals surface area contributed by atoms with Gasteiger partial charge >= 0.3 is 5.97 Å². The second kappa shape index (κ2) is 3.48. The topological polar surface area (TPSA) is 69.6 Å². The third-order valence-electron chi connectivity index (χ3n) is 3.52. The van der Waals surface area contributed by atoms with Crippen molar-refractivity contribution in [3.8, 4) is 0 Å². The van der Waals surface area contributed by atoms with Gasteiger partial charge in [-0.3, -0.25) is 4.79 Å². The highest BCUT2D eigenvalue weighted by molar-refractivity contribution is 5.92. The van der Waals surface area contributed by atoms with Gasteiger partial charge in [0, 0.05) is 6.54 Å². The zero-order chi connectivity index (χ0) is 11.1. The van der Waals surface area contributed by atoms with E-state index in [4.69, 9.17) is 5.11 Å². The molecule has 1 spiro atoms. The highest BCUT2D eigenvalue weighted by atomic mass is 16.4. The second-order valence-electron chi connectivity index (χ2n) is 4.38. The van der Waals surface area contributed by atoms with Gasteiger partial charge < -0.3 is 15.3 Å². The number of carbonyl (C=O) groups excluding carboxylic acids is 1. The van der Waals surface area contributed by atoms with E-state index >= 15 is 0 Å². The van der Waals surface area contributed by atoms with E-state index < -0.39 is 17.6 Å². The van der Waals surface area contributed by atoms with E-state index in [2.05, 4.69) is 5.32 Å². The van der Waals surface area contributed by atoms with Crippen LogP contribution in [0.3, 0.4) is 0 Å². The Bertz CT molecular complexity index is 297. The van der Waals surface area contributed by atoms with Crippen LogP contribution in [0.1, 0.15) is 26.2 Å². The molecule has 0 radical (unpaired) electrons. The van der Waals surface area contributed by atoms with Crippen LogP contribution in [0.4, 0.5) is 0 Å². The van der Waals surface area contributed by atoms with Crippen molar-refractivity contribution in [2.24, 2.45) is 0 Å². The van der Waals surface area contributed by atoms with E-state index in [0.717, 1.165) is 25.8 Å². The lowest BCUT2D eigenvalue weighted by Gasteiger charge is -2.25. The molecule has 0 aromatic heterocycles. The summed E-state index contributed by atoms with van der Waals surface area (Å²) < 4.78 is 0. The Morgan fingerprint density at radius 2 is 2.33 bits per heavy atom. The fourth-order valence-electron chi connectivity index (χ4n) is 2.50. The smallest absolute Gasteiger partial charge is 0.326 e. The number of carboxylic acid groups (broad SMARTS) is 1. The third kappa shape index (κ3) is 1.51. The van der Waals surface area contributed by atoms with Crippen molar-refractivity contribution < 1.29 is 14.7 Å². The maximum absolute atomic E-state index is 12.1. The first-order valence-corrected chi connectivity index (χ1v) is 5.36. The molecule has 2 rings (SSSR count). The number of hydrogen-bond acceptors (Lipinski definition) is 3. The molecule has 0 bridgehead atoms. The molecule has 0 saturated carbocycles. The molecule has 2 saturated heterocycles. The summed E-state index contributed by atoms with van der Waals surface area (Å²) >= 11 is 0. The van der Waals surface area contributed by atoms with Gasteiger partial charge in [0.25, 0.3) is 0 Å². The van der Waals surface area contributed by atoms with E-state index in [1.165, 1.54) is 4.90 Å². The summed E-state index contributed by atoms with van der Waals surface area (Å²) in [5.74, 6) is -0.965. The van der Waals surface area contributed by atoms with Crippen LogP contribution < -0.4 is 5.32 Å². The van der Waals surface area contributed by atoms with Gasteiger partial charge in [0.05, 0.1) is 5.54 Å². The SMILES string of the molecule is CC(C(=O)O)N1CCC2(CCCN2)C1=O. The summed E-state index contributed by atoms with van der Waals surface area (Å²) in [4.78, 5) is 24.4. The molecule has 0 aromatic carbocycles. The Morgan fingerprint density at radius 3 is 2.87 bits per heavy atom. The van der Waals surface area contributed by atoms with Crippen molar-refractivity contribution in [1.29, 1.82) is 0 Å². The molecule has 2 N–H and O–H groups in total. The molecule has 1 amide bonds. The molecular weight excluding hydrogens is 196 g/mol. The van der Waals surface area contributed by atoms with Crippen LogP contribution in [0.2, 0.25) is 0 Å². The quantitative estimate of drug-likeness (QED) is 0.666. The molecule has 5 heteroatoms. The summed E-state index contributed by atoms with van der Waals surface area (Å²) in [6.07, 6.45) is 2.58. The largest absolute Gasteiger partial charge is 0.480 e. The van der Waals surface area contributed by atoms with Crippen LogP contribution in [0.15, 0.2) is 0 Å². The van der Waals surface area contributed by atoms with Crippen molar-refractivity contribution in [3.63, 3.8) is 0 Å². The lowest BCUT2D eigenvalue weighted by atomic mass is 9.96. The molecular formula is C10H16N2O3. The number of nitrogens with one attached hydrogen (secondary N) is 1. The monoisotopic (exact) mass is 212 g/mol. The van der Waals surface area contributed by atoms with E-state index in [1.807, 2.05) is 0 Å². The number of carboxylic acids is 1. The van der Waals surface area contributed by atoms with Gasteiger partial charge in [0.15, 0.2) is 0 Å². The Morgan fingerprint density at radius 1 is 1.60 bits per heavy atom. The number of carbonyl (C=O) groups is 2. The average molecular weight is 212 g/mol. The minimum atomic E-state index is -0.932. The maximum Gasteiger partial charge on any atom is 0.326 e. The summed E-state index contributed by atoms with van der Waals surface area (Å²) in [5, 5.41) is 12.1. The normalized spacial score (nSPS) is 32.6. The van der Waals surface area contributed by atoms with Gasteiger partial charge in [-0.2, -0.15) is 0 Å². The summed E-state index contributed by atoms with van der Waals surface area (Å²) in [5.41, 5.74) is -0.441. The standard InChI is InChI=1S/C10H16N2O3/c1-7(8(13)14)12-6-4-10(9(12)15)3-2-5-11-10/h7,11H,2-6H2,1H3,(H,13,14). The third-order valence-corrected chi connectivity index (χ3v) is 3.52. The Hall–Kier alpha value is -1.10. The van der Waals surface area contributed by atoms with Crippen LogP contribution in [0, 0.1) is 0 Å². The second-order valence-corrected chi connectivity index (χ2v) is 4.38. The first kappa shape index (κ1) is 10.4. The molecule has 2 aliphatic heterocycles. The van der Waals surface area contributed by atoms with Crippen molar-refractivity contribution in [1.82, 2.24) is 10.2 Å². The number of amides is 1. The number of nitrogens with zero attached hydrogens (tertiary/aromatic N) is 1. The molecule has 2 atom stereocenters. The predicted octanol–water partition coefficient (Wildman–Crippen LogP) is -0.186. The number of aliphatic carboxylic acids is 1. The Kier molecular flexibility index (Phi) is 2.42. The van der Waals surface area contributed by atoms with Crippen LogP contribution in [-0.2, 0) is 9.59 Å². The molecule has 2 unspecified atom stereocenters. The van der Waals surface area contributed by atoms with E-state index in [9.17, 15) is 9.59 Å². The lowest BCUT2D eigenvalue weighted by molar-refractivity contribution is -0.148. The minimum Gasteiger partial charge on any atom is -0.480 e. The first-order valence-electron chi connectivity index (χ1n) is 5.36. The highest BCUT2D eigenvalue weighted by Crippen LogP contribution is 2.32. The van der Waals surface area contributed by atoms with Crippen molar-refractivity contribution in [2.75, 3.05) is 13.1 Å². The molecule has 15 heavy (non-hydrogen) atoms. The van der Waals surface area contributed by atoms with Gasteiger partial charge in [-0.25, -0.2) is 4.79 Å². The predicted molar refractivity (Wildman–Crippen MR) is 53.4 cm³/mol. The van der Waals surface area contributed by atoms with Crippen molar-refractivity contribution in [3.05, 3.63) is 0 Å². The van der Waals surface area contributed by atoms with Gasteiger partial charge in [0.2, 0.25) is 5.91 Å². The molecule has 2 fully saturated rings. The Balaban J connectivity index is 2.13. The summed E-state index contributed by atoms with van der Waals surface area (Å²) in [7, 11) is 0. The van der Waals surface area contributed by atoms with Crippen LogP contribution in [0.25, 0.3) is 0 Å². The van der Waals surface area contributed by atoms with Crippen molar-refractivity contribution in [2.45, 2.75) is 37.8 Å². The zero-order valence-corrected chi connectivity index (χ0v) is 8.82. The molecule has 2 aliphatic rings. The Labute approximate surface area is 88.4 Å². The average Bonchev–Trinajstić information content (AvgIpc) is 2.77. The van der Waals surface area contributed by atoms with Gasteiger partial charge in [-0.05, 0) is 32.7 Å². The summed E-state index contributed by atoms with van der Waals surface area (Å²) in [6, 6.07) is -0.709. The first-order chi connectivity index (χ1) is 7.07. The zero-order valence-electron chi connectivity index (χ0n) is 8.82. The van der Waals surface area contributed by atoms with Crippen molar-refractivity contribution >= 4 is 11.9 Å². The fraction of sp³-hybridized carbons (Fsp3) is 0.800. The lowest BCUT2D eigenvalue weighted by Crippen LogP contribution is -2.50. The van der Waals surface area contributed by atoms with Gasteiger partial charge in [-0.15, -0.1) is 0 Å². The molecule has 84 valence electrons. The number of likely N-dealkylation sites (tertiary alicyclic amines) is 1. The molecule has 2 heterocycles. The summed E-state index contributed by atoms with van der Waals surface area (Å²) in [6.45, 7) is 2.98. The van der Waals surface area contributed by atoms with Gasteiger partial charge in [0.1, 0.15) is 6.04 Å². The maximum atomic E-state index is 12.1. The number of rotatable bonds is 2. The van der Waals surface area contributed by atoms with Crippen LogP contribution in [-0.4, -0.2) is 46.6 Å². The van der Waals surface area contributed by atoms with E-state index in [-0.39, 0.29) is 5.91 Å². The minimum absolute atomic E-state index is 0.0325. The number of hydrogen-bond donors (Lipinski definition) is 2. The van der Waals surface area contributed by atoms with Gasteiger partial charge in [-0.1, -0.05) is 0 Å². The fourth-order valence-corrected chi connectivity index (χ4v) is 2.50.